The molecule has 1 N–H and O–H groups in total. The van der Waals surface area contributed by atoms with Crippen molar-refractivity contribution in [1.29, 1.82) is 0 Å². The third-order valence-electron chi connectivity index (χ3n) is 4.02. The average Bonchev–Trinajstić information content (AvgIpc) is 3.19. The molecule has 0 saturated heterocycles. The van der Waals surface area contributed by atoms with Crippen LogP contribution in [0.2, 0.25) is 0 Å². The van der Waals surface area contributed by atoms with Crippen LogP contribution in [0.25, 0.3) is 16.1 Å². The zero-order valence-electron chi connectivity index (χ0n) is 13.8. The van der Waals surface area contributed by atoms with E-state index >= 15 is 0 Å². The van der Waals surface area contributed by atoms with Gasteiger partial charge in [0.05, 0.1) is 5.95 Å². The number of rotatable bonds is 6. The number of benzene rings is 3. The molecule has 4 rings (SSSR count). The zero-order chi connectivity index (χ0) is 17.8. The largest absolute Gasteiger partial charge is 0.489 e. The van der Waals surface area contributed by atoms with Gasteiger partial charge in [0, 0.05) is 12.1 Å². The number of tetrazole rings is 1. The number of hydrogen-bond donors (Lipinski definition) is 1. The SMILES string of the molecule is Fc1ccc(COc2ccc3ccccc3c2C[N-]c2nn[nH]n2)cc1. The highest BCUT2D eigenvalue weighted by molar-refractivity contribution is 5.88. The number of halogens is 1. The normalized spacial score (nSPS) is 10.8. The second-order valence-corrected chi connectivity index (χ2v) is 5.71. The van der Waals surface area contributed by atoms with Gasteiger partial charge >= 0.3 is 0 Å². The Morgan fingerprint density at radius 3 is 2.65 bits per heavy atom. The van der Waals surface area contributed by atoms with Gasteiger partial charge in [-0.1, -0.05) is 42.5 Å². The molecule has 6 nitrogen and oxygen atoms in total. The van der Waals surface area contributed by atoms with Gasteiger partial charge in [0.2, 0.25) is 0 Å². The third kappa shape index (κ3) is 3.46. The summed E-state index contributed by atoms with van der Waals surface area (Å²) < 4.78 is 19.0. The molecule has 1 aromatic heterocycles. The van der Waals surface area contributed by atoms with Gasteiger partial charge in [0.25, 0.3) is 0 Å². The van der Waals surface area contributed by atoms with Gasteiger partial charge < -0.3 is 10.1 Å². The maximum absolute atomic E-state index is 13.1. The fourth-order valence-electron chi connectivity index (χ4n) is 2.73. The molecule has 3 aromatic carbocycles. The highest BCUT2D eigenvalue weighted by Crippen LogP contribution is 2.31. The first-order chi connectivity index (χ1) is 12.8. The molecule has 7 heteroatoms. The Hall–Kier alpha value is -3.48. The van der Waals surface area contributed by atoms with Crippen LogP contribution in [0, 0.1) is 5.82 Å². The molecule has 0 atom stereocenters. The van der Waals surface area contributed by atoms with Crippen LogP contribution in [0.5, 0.6) is 5.75 Å². The smallest absolute Gasteiger partial charge is 0.124 e. The van der Waals surface area contributed by atoms with Crippen LogP contribution in [0.3, 0.4) is 0 Å². The number of hydrogen-bond acceptors (Lipinski definition) is 4. The third-order valence-corrected chi connectivity index (χ3v) is 4.02. The first-order valence-electron chi connectivity index (χ1n) is 8.08. The minimum absolute atomic E-state index is 0.265. The van der Waals surface area contributed by atoms with E-state index in [0.29, 0.717) is 19.1 Å². The Kier molecular flexibility index (Phi) is 4.42. The number of aromatic amines is 1. The van der Waals surface area contributed by atoms with Crippen molar-refractivity contribution < 1.29 is 9.13 Å². The van der Waals surface area contributed by atoms with Crippen molar-refractivity contribution >= 4 is 16.7 Å². The Morgan fingerprint density at radius 2 is 1.85 bits per heavy atom. The van der Waals surface area contributed by atoms with Crippen LogP contribution >= 0.6 is 0 Å². The molecule has 1 heterocycles. The molecule has 0 bridgehead atoms. The van der Waals surface area contributed by atoms with E-state index < -0.39 is 0 Å². The van der Waals surface area contributed by atoms with E-state index in [4.69, 9.17) is 4.74 Å². The van der Waals surface area contributed by atoms with Gasteiger partial charge in [0.1, 0.15) is 18.2 Å². The predicted octanol–water partition coefficient (Wildman–Crippen LogP) is 4.28. The summed E-state index contributed by atoms with van der Waals surface area (Å²) in [6.45, 7) is 0.702. The Bertz CT molecular complexity index is 1000. The molecular weight excluding hydrogens is 333 g/mol. The maximum Gasteiger partial charge on any atom is 0.124 e. The average molecular weight is 348 g/mol. The topological polar surface area (TPSA) is 77.8 Å². The van der Waals surface area contributed by atoms with Crippen LogP contribution in [-0.4, -0.2) is 20.6 Å². The van der Waals surface area contributed by atoms with E-state index in [2.05, 4.69) is 25.9 Å². The van der Waals surface area contributed by atoms with E-state index in [1.807, 2.05) is 36.4 Å². The molecule has 0 amide bonds. The summed E-state index contributed by atoms with van der Waals surface area (Å²) in [4.78, 5) is 0. The Balaban J connectivity index is 1.61. The Labute approximate surface area is 149 Å². The van der Waals surface area contributed by atoms with Gasteiger partial charge in [-0.05, 0) is 34.5 Å². The fourth-order valence-corrected chi connectivity index (χ4v) is 2.73. The van der Waals surface area contributed by atoms with Crippen molar-refractivity contribution in [3.05, 3.63) is 82.9 Å². The van der Waals surface area contributed by atoms with Crippen LogP contribution in [0.4, 0.5) is 10.3 Å². The lowest BCUT2D eigenvalue weighted by atomic mass is 10.0. The van der Waals surface area contributed by atoms with Gasteiger partial charge in [-0.2, -0.15) is 0 Å². The molecule has 0 fully saturated rings. The zero-order valence-corrected chi connectivity index (χ0v) is 13.8. The molecule has 0 unspecified atom stereocenters. The number of ether oxygens (including phenoxy) is 1. The van der Waals surface area contributed by atoms with Crippen molar-refractivity contribution in [2.24, 2.45) is 0 Å². The highest BCUT2D eigenvalue weighted by Gasteiger charge is 2.09. The minimum Gasteiger partial charge on any atom is -0.489 e. The van der Waals surface area contributed by atoms with E-state index in [1.54, 1.807) is 12.1 Å². The maximum atomic E-state index is 13.1. The lowest BCUT2D eigenvalue weighted by molar-refractivity contribution is 0.304. The Morgan fingerprint density at radius 1 is 1.00 bits per heavy atom. The quantitative estimate of drug-likeness (QED) is 0.564. The van der Waals surface area contributed by atoms with E-state index in [0.717, 1.165) is 27.6 Å². The highest BCUT2D eigenvalue weighted by atomic mass is 19.1. The number of nitrogens with zero attached hydrogens (tertiary/aromatic N) is 4. The molecule has 26 heavy (non-hydrogen) atoms. The molecule has 0 spiro atoms. The van der Waals surface area contributed by atoms with Gasteiger partial charge in [-0.25, -0.2) is 4.39 Å². The van der Waals surface area contributed by atoms with Gasteiger partial charge in [-0.15, -0.1) is 5.21 Å². The van der Waals surface area contributed by atoms with Crippen LogP contribution in [-0.2, 0) is 13.2 Å². The molecule has 0 aliphatic heterocycles. The molecule has 4 aromatic rings. The van der Waals surface area contributed by atoms with E-state index in [-0.39, 0.29) is 5.82 Å². The van der Waals surface area contributed by atoms with Crippen LogP contribution < -0.4 is 4.74 Å². The van der Waals surface area contributed by atoms with Crippen LogP contribution in [0.15, 0.2) is 60.7 Å². The summed E-state index contributed by atoms with van der Waals surface area (Å²) in [5.74, 6) is 0.752. The number of aromatic nitrogens is 4. The summed E-state index contributed by atoms with van der Waals surface area (Å²) in [7, 11) is 0. The standard InChI is InChI=1S/C19H15FN5O/c20-15-8-5-13(6-9-15)12-26-18-10-7-14-3-1-2-4-16(14)17(18)11-21-19-22-24-25-23-19/h1-10H,11-12H2,(H-,21,22,23,24,25)/q-1. The molecule has 0 radical (unpaired) electrons. The summed E-state index contributed by atoms with van der Waals surface area (Å²) in [6.07, 6.45) is 0. The number of fused-ring (bicyclic) bond motifs is 1. The lowest BCUT2D eigenvalue weighted by Gasteiger charge is -2.16. The lowest BCUT2D eigenvalue weighted by Crippen LogP contribution is -1.99. The molecular formula is C19H15FN5O-. The van der Waals surface area contributed by atoms with Crippen molar-refractivity contribution in [1.82, 2.24) is 20.6 Å². The monoisotopic (exact) mass is 348 g/mol. The predicted molar refractivity (Wildman–Crippen MR) is 95.6 cm³/mol. The van der Waals surface area contributed by atoms with Crippen molar-refractivity contribution in [3.8, 4) is 5.75 Å². The van der Waals surface area contributed by atoms with Gasteiger partial charge in [-0.3, -0.25) is 15.4 Å². The first kappa shape index (κ1) is 16.0. The van der Waals surface area contributed by atoms with Gasteiger partial charge in [0.15, 0.2) is 0 Å². The summed E-state index contributed by atoms with van der Waals surface area (Å²) in [6, 6.07) is 18.2. The molecule has 0 aliphatic carbocycles. The summed E-state index contributed by atoms with van der Waals surface area (Å²) in [5.41, 5.74) is 1.83. The summed E-state index contributed by atoms with van der Waals surface area (Å²) >= 11 is 0. The summed E-state index contributed by atoms with van der Waals surface area (Å²) in [5, 5.41) is 20.1. The van der Waals surface area contributed by atoms with Crippen molar-refractivity contribution in [2.45, 2.75) is 13.2 Å². The van der Waals surface area contributed by atoms with Crippen molar-refractivity contribution in [2.75, 3.05) is 0 Å². The second kappa shape index (κ2) is 7.18. The van der Waals surface area contributed by atoms with Crippen molar-refractivity contribution in [3.63, 3.8) is 0 Å². The molecule has 130 valence electrons. The van der Waals surface area contributed by atoms with E-state index in [9.17, 15) is 4.39 Å². The second-order valence-electron chi connectivity index (χ2n) is 5.71. The first-order valence-corrected chi connectivity index (χ1v) is 8.08. The molecule has 0 saturated carbocycles. The molecule has 0 aliphatic rings. The van der Waals surface area contributed by atoms with Crippen LogP contribution in [0.1, 0.15) is 11.1 Å². The number of nitrogens with one attached hydrogen (secondary N) is 1. The number of H-pyrrole nitrogens is 1. The van der Waals surface area contributed by atoms with E-state index in [1.165, 1.54) is 12.1 Å². The minimum atomic E-state index is -0.265. The fraction of sp³-hybridized carbons (Fsp3) is 0.105.